The van der Waals surface area contributed by atoms with Crippen LogP contribution in [0.5, 0.6) is 0 Å². The quantitative estimate of drug-likeness (QED) is 0.754. The van der Waals surface area contributed by atoms with Gasteiger partial charge in [-0.1, -0.05) is 6.07 Å². The molecule has 142 valence electrons. The molecule has 1 N–H and O–H groups in total. The molecule has 1 aliphatic rings. The maximum atomic E-state index is 13.6. The molecular weight excluding hydrogens is 378 g/mol. The van der Waals surface area contributed by atoms with E-state index in [1.165, 1.54) is 11.3 Å². The molecule has 1 atom stereocenters. The van der Waals surface area contributed by atoms with Gasteiger partial charge in [0.05, 0.1) is 17.2 Å². The standard InChI is InChI=1S/C17H16F6N2S/c18-16(19,20)12-1-2-13(14(9-12)17(21,22)23)15(11-3-8-26-10-11)25-6-4-24-5-7-25/h1-3,8-10,15,24H,4-7H2/t15-/m1/s1. The Morgan fingerprint density at radius 1 is 0.962 bits per heavy atom. The fourth-order valence-corrected chi connectivity index (χ4v) is 3.85. The molecule has 0 aliphatic carbocycles. The molecule has 0 bridgehead atoms. The zero-order valence-corrected chi connectivity index (χ0v) is 14.3. The fraction of sp³-hybridized carbons (Fsp3) is 0.412. The van der Waals surface area contributed by atoms with E-state index in [0.29, 0.717) is 31.7 Å². The Morgan fingerprint density at radius 2 is 1.65 bits per heavy atom. The summed E-state index contributed by atoms with van der Waals surface area (Å²) in [6.45, 7) is 2.25. The van der Waals surface area contributed by atoms with Crippen molar-refractivity contribution >= 4 is 11.3 Å². The van der Waals surface area contributed by atoms with E-state index in [2.05, 4.69) is 5.32 Å². The van der Waals surface area contributed by atoms with Gasteiger partial charge in [0.15, 0.2) is 0 Å². The van der Waals surface area contributed by atoms with Gasteiger partial charge in [0.25, 0.3) is 0 Å². The maximum Gasteiger partial charge on any atom is 0.416 e. The van der Waals surface area contributed by atoms with E-state index in [-0.39, 0.29) is 11.6 Å². The Labute approximate surface area is 150 Å². The van der Waals surface area contributed by atoms with Gasteiger partial charge < -0.3 is 5.32 Å². The Morgan fingerprint density at radius 3 is 2.19 bits per heavy atom. The monoisotopic (exact) mass is 394 g/mol. The maximum absolute atomic E-state index is 13.6. The smallest absolute Gasteiger partial charge is 0.314 e. The predicted octanol–water partition coefficient (Wildman–Crippen LogP) is 4.78. The van der Waals surface area contributed by atoms with Crippen LogP contribution in [0.25, 0.3) is 0 Å². The molecule has 9 heteroatoms. The van der Waals surface area contributed by atoms with Crippen molar-refractivity contribution in [2.75, 3.05) is 26.2 Å². The van der Waals surface area contributed by atoms with E-state index in [4.69, 9.17) is 0 Å². The third-order valence-corrected chi connectivity index (χ3v) is 5.06. The van der Waals surface area contributed by atoms with Crippen LogP contribution in [0.3, 0.4) is 0 Å². The summed E-state index contributed by atoms with van der Waals surface area (Å²) in [7, 11) is 0. The normalized spacial score (nSPS) is 18.1. The zero-order valence-electron chi connectivity index (χ0n) is 13.5. The highest BCUT2D eigenvalue weighted by Gasteiger charge is 2.40. The SMILES string of the molecule is FC(F)(F)c1ccc([C@@H](c2ccsc2)N2CCNCC2)c(C(F)(F)F)c1. The lowest BCUT2D eigenvalue weighted by Gasteiger charge is -2.36. The van der Waals surface area contributed by atoms with Crippen molar-refractivity contribution in [1.29, 1.82) is 0 Å². The highest BCUT2D eigenvalue weighted by Crippen LogP contribution is 2.42. The molecule has 1 aromatic carbocycles. The topological polar surface area (TPSA) is 15.3 Å². The number of piperazine rings is 1. The lowest BCUT2D eigenvalue weighted by Crippen LogP contribution is -2.45. The van der Waals surface area contributed by atoms with Gasteiger partial charge >= 0.3 is 12.4 Å². The van der Waals surface area contributed by atoms with Gasteiger partial charge in [0.1, 0.15) is 0 Å². The van der Waals surface area contributed by atoms with Crippen LogP contribution in [-0.2, 0) is 12.4 Å². The van der Waals surface area contributed by atoms with E-state index in [0.717, 1.165) is 12.1 Å². The van der Waals surface area contributed by atoms with Crippen molar-refractivity contribution in [3.05, 3.63) is 57.3 Å². The Balaban J connectivity index is 2.14. The first-order valence-electron chi connectivity index (χ1n) is 7.93. The summed E-state index contributed by atoms with van der Waals surface area (Å²) in [5.74, 6) is 0. The Kier molecular flexibility index (Phi) is 5.32. The van der Waals surface area contributed by atoms with Gasteiger partial charge in [-0.05, 0) is 40.1 Å². The first-order valence-corrected chi connectivity index (χ1v) is 8.87. The second kappa shape index (κ2) is 7.21. The predicted molar refractivity (Wildman–Crippen MR) is 87.1 cm³/mol. The van der Waals surface area contributed by atoms with E-state index < -0.39 is 29.5 Å². The number of nitrogens with zero attached hydrogens (tertiary/aromatic N) is 1. The zero-order chi connectivity index (χ0) is 18.9. The van der Waals surface area contributed by atoms with Crippen LogP contribution in [-0.4, -0.2) is 31.1 Å². The largest absolute Gasteiger partial charge is 0.416 e. The molecule has 26 heavy (non-hydrogen) atoms. The molecule has 0 amide bonds. The fourth-order valence-electron chi connectivity index (χ4n) is 3.17. The van der Waals surface area contributed by atoms with Crippen LogP contribution >= 0.6 is 11.3 Å². The van der Waals surface area contributed by atoms with Gasteiger partial charge in [-0.3, -0.25) is 4.90 Å². The molecule has 0 spiro atoms. The molecule has 0 saturated carbocycles. The van der Waals surface area contributed by atoms with Gasteiger partial charge in [-0.2, -0.15) is 37.7 Å². The number of thiophene rings is 1. The highest BCUT2D eigenvalue weighted by atomic mass is 32.1. The molecule has 1 aromatic heterocycles. The summed E-state index contributed by atoms with van der Waals surface area (Å²) in [5.41, 5.74) is -2.02. The first-order chi connectivity index (χ1) is 12.2. The Bertz CT molecular complexity index is 733. The first kappa shape index (κ1) is 19.2. The Hall–Kier alpha value is -1.58. The summed E-state index contributed by atoms with van der Waals surface area (Å²) >= 11 is 1.34. The van der Waals surface area contributed by atoms with Crippen molar-refractivity contribution in [2.45, 2.75) is 18.4 Å². The van der Waals surface area contributed by atoms with Crippen molar-refractivity contribution in [1.82, 2.24) is 10.2 Å². The molecule has 0 unspecified atom stereocenters. The second-order valence-electron chi connectivity index (χ2n) is 6.04. The average molecular weight is 394 g/mol. The van der Waals surface area contributed by atoms with E-state index in [1.807, 2.05) is 4.90 Å². The van der Waals surface area contributed by atoms with E-state index in [9.17, 15) is 26.3 Å². The van der Waals surface area contributed by atoms with Crippen LogP contribution in [0.2, 0.25) is 0 Å². The van der Waals surface area contributed by atoms with Crippen molar-refractivity contribution in [3.63, 3.8) is 0 Å². The third-order valence-electron chi connectivity index (χ3n) is 4.36. The van der Waals surface area contributed by atoms with Crippen molar-refractivity contribution in [2.24, 2.45) is 0 Å². The summed E-state index contributed by atoms with van der Waals surface area (Å²) < 4.78 is 79.6. The summed E-state index contributed by atoms with van der Waals surface area (Å²) in [4.78, 5) is 1.87. The van der Waals surface area contributed by atoms with E-state index >= 15 is 0 Å². The summed E-state index contributed by atoms with van der Waals surface area (Å²) in [5, 5.41) is 6.62. The number of hydrogen-bond donors (Lipinski definition) is 1. The number of hydrogen-bond acceptors (Lipinski definition) is 3. The van der Waals surface area contributed by atoms with Crippen LogP contribution in [0.4, 0.5) is 26.3 Å². The molecule has 2 nitrogen and oxygen atoms in total. The summed E-state index contributed by atoms with van der Waals surface area (Å²) in [6.07, 6.45) is -9.70. The van der Waals surface area contributed by atoms with Crippen LogP contribution in [0.15, 0.2) is 35.0 Å². The lowest BCUT2D eigenvalue weighted by atomic mass is 9.92. The minimum Gasteiger partial charge on any atom is -0.314 e. The number of rotatable bonds is 3. The average Bonchev–Trinajstić information content (AvgIpc) is 3.08. The van der Waals surface area contributed by atoms with Gasteiger partial charge in [0, 0.05) is 26.2 Å². The molecule has 2 heterocycles. The van der Waals surface area contributed by atoms with Gasteiger partial charge in [-0.25, -0.2) is 0 Å². The number of halogens is 6. The molecule has 0 radical (unpaired) electrons. The van der Waals surface area contributed by atoms with Crippen molar-refractivity contribution < 1.29 is 26.3 Å². The second-order valence-corrected chi connectivity index (χ2v) is 6.82. The molecule has 3 rings (SSSR count). The third kappa shape index (κ3) is 4.05. The lowest BCUT2D eigenvalue weighted by molar-refractivity contribution is -0.143. The van der Waals surface area contributed by atoms with Gasteiger partial charge in [-0.15, -0.1) is 0 Å². The molecular formula is C17H16F6N2S. The minimum atomic E-state index is -4.88. The molecule has 2 aromatic rings. The number of benzene rings is 1. The molecule has 1 aliphatic heterocycles. The summed E-state index contributed by atoms with van der Waals surface area (Å²) in [6, 6.07) is 2.90. The van der Waals surface area contributed by atoms with Crippen molar-refractivity contribution in [3.8, 4) is 0 Å². The highest BCUT2D eigenvalue weighted by molar-refractivity contribution is 7.08. The van der Waals surface area contributed by atoms with Crippen LogP contribution in [0.1, 0.15) is 28.3 Å². The molecule has 1 saturated heterocycles. The molecule has 1 fully saturated rings. The van der Waals surface area contributed by atoms with Crippen LogP contribution < -0.4 is 5.32 Å². The van der Waals surface area contributed by atoms with Gasteiger partial charge in [0.2, 0.25) is 0 Å². The van der Waals surface area contributed by atoms with E-state index in [1.54, 1.807) is 16.8 Å². The number of nitrogens with one attached hydrogen (secondary N) is 1. The van der Waals surface area contributed by atoms with Crippen LogP contribution in [0, 0.1) is 0 Å². The minimum absolute atomic E-state index is 0.147. The number of alkyl halides is 6.